The molecule has 1 N–H and O–H groups in total. The number of hydrogen-bond donors (Lipinski definition) is 1. The van der Waals surface area contributed by atoms with Gasteiger partial charge in [0.1, 0.15) is 5.69 Å². The quantitative estimate of drug-likeness (QED) is 0.392. The number of nitro benzene ring substituents is 1. The number of nitro groups is 1. The fourth-order valence-corrected chi connectivity index (χ4v) is 3.08. The van der Waals surface area contributed by atoms with Crippen LogP contribution in [0.1, 0.15) is 0 Å². The Morgan fingerprint density at radius 1 is 1.24 bits per heavy atom. The summed E-state index contributed by atoms with van der Waals surface area (Å²) in [6, 6.07) is 4.90. The van der Waals surface area contributed by atoms with Crippen LogP contribution in [0, 0.1) is 10.1 Å². The lowest BCUT2D eigenvalue weighted by Gasteiger charge is -2.08. The molecule has 2 rings (SSSR count). The van der Waals surface area contributed by atoms with E-state index in [0.29, 0.717) is 0 Å². The van der Waals surface area contributed by atoms with E-state index in [9.17, 15) is 18.5 Å². The maximum absolute atomic E-state index is 12.2. The predicted octanol–water partition coefficient (Wildman–Crippen LogP) is 2.49. The summed E-state index contributed by atoms with van der Waals surface area (Å²) >= 11 is 11.2. The van der Waals surface area contributed by atoms with Crippen LogP contribution in [0.25, 0.3) is 0 Å². The van der Waals surface area contributed by atoms with Gasteiger partial charge in [-0.3, -0.25) is 14.8 Å². The second kappa shape index (κ2) is 5.80. The van der Waals surface area contributed by atoms with Crippen molar-refractivity contribution in [3.63, 3.8) is 0 Å². The summed E-state index contributed by atoms with van der Waals surface area (Å²) < 4.78 is 26.5. The minimum Gasteiger partial charge on any atom is -0.275 e. The molecule has 0 bridgehead atoms. The third-order valence-electron chi connectivity index (χ3n) is 2.31. The van der Waals surface area contributed by atoms with E-state index in [4.69, 9.17) is 23.2 Å². The smallest absolute Gasteiger partial charge is 0.275 e. The van der Waals surface area contributed by atoms with Crippen molar-refractivity contribution in [2.75, 3.05) is 4.72 Å². The van der Waals surface area contributed by atoms with Gasteiger partial charge in [-0.1, -0.05) is 23.7 Å². The SMILES string of the molecule is O=[N+]([O-])c1ccccc1S(=O)(=O)Nc1cnc(Cl)nc1Cl. The molecule has 21 heavy (non-hydrogen) atoms. The zero-order valence-electron chi connectivity index (χ0n) is 10.0. The lowest BCUT2D eigenvalue weighted by Crippen LogP contribution is -2.15. The molecule has 0 aliphatic rings. The first kappa shape index (κ1) is 15.4. The maximum Gasteiger partial charge on any atom is 0.289 e. The predicted molar refractivity (Wildman–Crippen MR) is 76.0 cm³/mol. The number of nitrogens with one attached hydrogen (secondary N) is 1. The summed E-state index contributed by atoms with van der Waals surface area (Å²) in [5.74, 6) is 0. The third kappa shape index (κ3) is 3.38. The highest BCUT2D eigenvalue weighted by atomic mass is 35.5. The van der Waals surface area contributed by atoms with Crippen molar-refractivity contribution >= 4 is 44.6 Å². The van der Waals surface area contributed by atoms with E-state index in [1.807, 2.05) is 0 Å². The Hall–Kier alpha value is -1.97. The Kier molecular flexibility index (Phi) is 4.26. The van der Waals surface area contributed by atoms with Gasteiger partial charge in [0, 0.05) is 6.07 Å². The molecule has 110 valence electrons. The molecule has 0 saturated heterocycles. The van der Waals surface area contributed by atoms with E-state index in [-0.39, 0.29) is 16.1 Å². The molecule has 0 radical (unpaired) electrons. The average molecular weight is 349 g/mol. The van der Waals surface area contributed by atoms with E-state index in [1.54, 1.807) is 0 Å². The molecular formula is C10H6Cl2N4O4S. The molecule has 0 aliphatic carbocycles. The van der Waals surface area contributed by atoms with Crippen molar-refractivity contribution in [2.45, 2.75) is 4.90 Å². The normalized spacial score (nSPS) is 11.1. The van der Waals surface area contributed by atoms with Crippen LogP contribution in [0.15, 0.2) is 35.4 Å². The standard InChI is InChI=1S/C10H6Cl2N4O4S/c11-9-6(5-13-10(12)14-9)15-21(19,20)8-4-2-1-3-7(8)16(17)18/h1-5,15H. The zero-order chi connectivity index (χ0) is 15.6. The number of anilines is 1. The van der Waals surface area contributed by atoms with Gasteiger partial charge in [0.15, 0.2) is 10.0 Å². The number of hydrogen-bond acceptors (Lipinski definition) is 6. The third-order valence-corrected chi connectivity index (χ3v) is 4.19. The number of halogens is 2. The highest BCUT2D eigenvalue weighted by Gasteiger charge is 2.26. The topological polar surface area (TPSA) is 115 Å². The van der Waals surface area contributed by atoms with Crippen LogP contribution in [-0.4, -0.2) is 23.3 Å². The van der Waals surface area contributed by atoms with Crippen molar-refractivity contribution in [1.29, 1.82) is 0 Å². The number of rotatable bonds is 4. The number of aromatic nitrogens is 2. The van der Waals surface area contributed by atoms with E-state index in [1.165, 1.54) is 12.1 Å². The van der Waals surface area contributed by atoms with Crippen LogP contribution in [0.3, 0.4) is 0 Å². The van der Waals surface area contributed by atoms with Crippen molar-refractivity contribution in [3.05, 3.63) is 51.0 Å². The molecule has 1 aromatic heterocycles. The van der Waals surface area contributed by atoms with Gasteiger partial charge >= 0.3 is 0 Å². The van der Waals surface area contributed by atoms with Crippen molar-refractivity contribution in [1.82, 2.24) is 9.97 Å². The van der Waals surface area contributed by atoms with E-state index >= 15 is 0 Å². The average Bonchev–Trinajstić information content (AvgIpc) is 2.42. The van der Waals surface area contributed by atoms with Gasteiger partial charge < -0.3 is 0 Å². The molecule has 0 fully saturated rings. The minimum atomic E-state index is -4.22. The number of sulfonamides is 1. The lowest BCUT2D eigenvalue weighted by atomic mass is 10.3. The highest BCUT2D eigenvalue weighted by molar-refractivity contribution is 7.92. The summed E-state index contributed by atoms with van der Waals surface area (Å²) in [6.45, 7) is 0. The van der Waals surface area contributed by atoms with Gasteiger partial charge in [-0.05, 0) is 17.7 Å². The minimum absolute atomic E-state index is 0.140. The van der Waals surface area contributed by atoms with Gasteiger partial charge in [0.25, 0.3) is 15.7 Å². The molecule has 0 amide bonds. The molecule has 8 nitrogen and oxygen atoms in total. The van der Waals surface area contributed by atoms with Crippen LogP contribution in [0.2, 0.25) is 10.4 Å². The summed E-state index contributed by atoms with van der Waals surface area (Å²) in [6.07, 6.45) is 1.06. The first-order valence-corrected chi connectivity index (χ1v) is 7.49. The van der Waals surface area contributed by atoms with Crippen molar-refractivity contribution in [2.24, 2.45) is 0 Å². The fourth-order valence-electron chi connectivity index (χ4n) is 1.44. The lowest BCUT2D eigenvalue weighted by molar-refractivity contribution is -0.387. The Balaban J connectivity index is 2.46. The van der Waals surface area contributed by atoms with Gasteiger partial charge in [-0.15, -0.1) is 0 Å². The van der Waals surface area contributed by atoms with Gasteiger partial charge in [0.2, 0.25) is 5.28 Å². The second-order valence-corrected chi connectivity index (χ2v) is 6.02. The van der Waals surface area contributed by atoms with Crippen LogP contribution < -0.4 is 4.72 Å². The first-order chi connectivity index (χ1) is 9.81. The molecule has 0 aliphatic heterocycles. The van der Waals surface area contributed by atoms with Crippen molar-refractivity contribution in [3.8, 4) is 0 Å². The molecule has 0 unspecified atom stereocenters. The van der Waals surface area contributed by atoms with Gasteiger partial charge in [0.05, 0.1) is 11.1 Å². The van der Waals surface area contributed by atoms with Crippen LogP contribution >= 0.6 is 23.2 Å². The Bertz CT molecular complexity index is 812. The fraction of sp³-hybridized carbons (Fsp3) is 0. The van der Waals surface area contributed by atoms with Crippen LogP contribution in [0.4, 0.5) is 11.4 Å². The largest absolute Gasteiger partial charge is 0.289 e. The van der Waals surface area contributed by atoms with Gasteiger partial charge in [-0.25, -0.2) is 18.4 Å². The monoisotopic (exact) mass is 348 g/mol. The molecular weight excluding hydrogens is 343 g/mol. The van der Waals surface area contributed by atoms with Gasteiger partial charge in [-0.2, -0.15) is 0 Å². The molecule has 0 saturated carbocycles. The maximum atomic E-state index is 12.2. The summed E-state index contributed by atoms with van der Waals surface area (Å²) in [5.41, 5.74) is -0.699. The van der Waals surface area contributed by atoms with Crippen LogP contribution in [0.5, 0.6) is 0 Å². The molecule has 0 spiro atoms. The first-order valence-electron chi connectivity index (χ1n) is 5.25. The Labute approximate surface area is 128 Å². The zero-order valence-corrected chi connectivity index (χ0v) is 12.4. The highest BCUT2D eigenvalue weighted by Crippen LogP contribution is 2.27. The second-order valence-electron chi connectivity index (χ2n) is 3.67. The van der Waals surface area contributed by atoms with E-state index in [0.717, 1.165) is 18.3 Å². The molecule has 0 atom stereocenters. The Morgan fingerprint density at radius 2 is 1.90 bits per heavy atom. The number of para-hydroxylation sites is 1. The Morgan fingerprint density at radius 3 is 2.52 bits per heavy atom. The van der Waals surface area contributed by atoms with Crippen LogP contribution in [-0.2, 0) is 10.0 Å². The molecule has 11 heteroatoms. The molecule has 1 heterocycles. The number of benzene rings is 1. The molecule has 1 aromatic carbocycles. The van der Waals surface area contributed by atoms with Crippen molar-refractivity contribution < 1.29 is 13.3 Å². The summed E-state index contributed by atoms with van der Waals surface area (Å²) in [7, 11) is -4.22. The summed E-state index contributed by atoms with van der Waals surface area (Å²) in [5, 5.41) is 10.5. The van der Waals surface area contributed by atoms with E-state index < -0.39 is 25.5 Å². The number of nitrogens with zero attached hydrogens (tertiary/aromatic N) is 3. The summed E-state index contributed by atoms with van der Waals surface area (Å²) in [4.78, 5) is 16.7. The molecule has 2 aromatic rings. The van der Waals surface area contributed by atoms with E-state index in [2.05, 4.69) is 14.7 Å².